The number of hydrogen-bond acceptors (Lipinski definition) is 4. The second-order valence-electron chi connectivity index (χ2n) is 5.29. The summed E-state index contributed by atoms with van der Waals surface area (Å²) in [6, 6.07) is 4.22. The van der Waals surface area contributed by atoms with Crippen LogP contribution in [-0.2, 0) is 11.8 Å². The first-order chi connectivity index (χ1) is 10.1. The van der Waals surface area contributed by atoms with Crippen LogP contribution in [0.15, 0.2) is 29.9 Å². The van der Waals surface area contributed by atoms with Gasteiger partial charge >= 0.3 is 0 Å². The monoisotopic (exact) mass is 321 g/mol. The Bertz CT molecular complexity index is 608. The van der Waals surface area contributed by atoms with Crippen LogP contribution in [-0.4, -0.2) is 27.5 Å². The van der Waals surface area contributed by atoms with Gasteiger partial charge in [0.2, 0.25) is 5.91 Å². The lowest BCUT2D eigenvalue weighted by atomic mass is 10.1. The summed E-state index contributed by atoms with van der Waals surface area (Å²) in [7, 11) is 1.88. The maximum Gasteiger partial charge on any atom is 0.240 e. The number of anilines is 1. The lowest BCUT2D eigenvalue weighted by Crippen LogP contribution is -2.43. The Morgan fingerprint density at radius 3 is 3.05 bits per heavy atom. The fraction of sp³-hybridized carbons (Fsp3) is 0.467. The van der Waals surface area contributed by atoms with Crippen LogP contribution in [0.3, 0.4) is 0 Å². The van der Waals surface area contributed by atoms with Crippen molar-refractivity contribution in [2.75, 3.05) is 11.4 Å². The third-order valence-electron chi connectivity index (χ3n) is 3.70. The summed E-state index contributed by atoms with van der Waals surface area (Å²) in [5, 5.41) is 6.69. The number of piperidine rings is 1. The van der Waals surface area contributed by atoms with Crippen LogP contribution in [0.4, 0.5) is 5.69 Å². The third-order valence-corrected chi connectivity index (χ3v) is 6.34. The van der Waals surface area contributed by atoms with E-state index in [4.69, 9.17) is 0 Å². The molecule has 3 heterocycles. The molecule has 3 rings (SSSR count). The molecule has 1 aliphatic rings. The molecule has 0 aromatic carbocycles. The average Bonchev–Trinajstić information content (AvgIpc) is 3.12. The molecule has 4 nitrogen and oxygen atoms in total. The standard InChI is InChI=1S/C15H19N3OS2/c1-11(13-6-4-8-20-13)21-14-5-3-7-18(15(14)19)12-9-16-17(2)10-12/h4,6,8-11,14H,3,5,7H2,1-2H3. The van der Waals surface area contributed by atoms with Gasteiger partial charge in [-0.25, -0.2) is 0 Å². The maximum absolute atomic E-state index is 12.7. The van der Waals surface area contributed by atoms with E-state index in [0.717, 1.165) is 25.1 Å². The van der Waals surface area contributed by atoms with Gasteiger partial charge in [0.1, 0.15) is 0 Å². The van der Waals surface area contributed by atoms with Crippen molar-refractivity contribution in [3.8, 4) is 0 Å². The van der Waals surface area contributed by atoms with Gasteiger partial charge in [-0.15, -0.1) is 23.1 Å². The number of thioether (sulfide) groups is 1. The van der Waals surface area contributed by atoms with Crippen LogP contribution in [0.25, 0.3) is 0 Å². The predicted molar refractivity (Wildman–Crippen MR) is 88.9 cm³/mol. The summed E-state index contributed by atoms with van der Waals surface area (Å²) in [6.07, 6.45) is 5.70. The Kier molecular flexibility index (Phi) is 4.35. The van der Waals surface area contributed by atoms with Gasteiger partial charge in [0.05, 0.1) is 17.1 Å². The fourth-order valence-electron chi connectivity index (χ4n) is 2.61. The first-order valence-corrected chi connectivity index (χ1v) is 8.96. The van der Waals surface area contributed by atoms with Gasteiger partial charge in [-0.05, 0) is 31.2 Å². The molecule has 0 saturated carbocycles. The van der Waals surface area contributed by atoms with E-state index in [1.54, 1.807) is 34.0 Å². The number of hydrogen-bond donors (Lipinski definition) is 0. The Morgan fingerprint density at radius 1 is 1.52 bits per heavy atom. The Hall–Kier alpha value is -1.27. The highest BCUT2D eigenvalue weighted by molar-refractivity contribution is 8.00. The Labute approximate surface area is 133 Å². The summed E-state index contributed by atoms with van der Waals surface area (Å²) < 4.78 is 1.74. The third kappa shape index (κ3) is 3.16. The second kappa shape index (κ2) is 6.23. The van der Waals surface area contributed by atoms with Gasteiger partial charge in [0.25, 0.3) is 0 Å². The van der Waals surface area contributed by atoms with Crippen LogP contribution in [0.2, 0.25) is 0 Å². The summed E-state index contributed by atoms with van der Waals surface area (Å²) >= 11 is 3.55. The topological polar surface area (TPSA) is 38.1 Å². The van der Waals surface area contributed by atoms with Crippen molar-refractivity contribution in [1.29, 1.82) is 0 Å². The van der Waals surface area contributed by atoms with E-state index in [1.165, 1.54) is 4.88 Å². The molecule has 0 radical (unpaired) electrons. The van der Waals surface area contributed by atoms with Crippen LogP contribution >= 0.6 is 23.1 Å². The highest BCUT2D eigenvalue weighted by Gasteiger charge is 2.32. The molecule has 2 aromatic heterocycles. The van der Waals surface area contributed by atoms with Gasteiger partial charge in [-0.3, -0.25) is 9.48 Å². The number of amides is 1. The molecule has 112 valence electrons. The molecule has 6 heteroatoms. The summed E-state index contributed by atoms with van der Waals surface area (Å²) in [5.74, 6) is 0.225. The van der Waals surface area contributed by atoms with Crippen molar-refractivity contribution in [2.45, 2.75) is 30.3 Å². The van der Waals surface area contributed by atoms with Crippen molar-refractivity contribution in [2.24, 2.45) is 7.05 Å². The first kappa shape index (κ1) is 14.7. The summed E-state index contributed by atoms with van der Waals surface area (Å²) in [5.41, 5.74) is 0.913. The molecule has 21 heavy (non-hydrogen) atoms. The highest BCUT2D eigenvalue weighted by atomic mass is 32.2. The van der Waals surface area contributed by atoms with Crippen molar-refractivity contribution < 1.29 is 4.79 Å². The van der Waals surface area contributed by atoms with E-state index in [0.29, 0.717) is 5.25 Å². The van der Waals surface area contributed by atoms with Crippen LogP contribution in [0, 0.1) is 0 Å². The maximum atomic E-state index is 12.7. The van der Waals surface area contributed by atoms with E-state index in [-0.39, 0.29) is 11.2 Å². The largest absolute Gasteiger partial charge is 0.309 e. The number of aryl methyl sites for hydroxylation is 1. The molecule has 2 atom stereocenters. The number of carbonyl (C=O) groups excluding carboxylic acids is 1. The van der Waals surface area contributed by atoms with Crippen LogP contribution < -0.4 is 4.90 Å². The molecule has 1 aliphatic heterocycles. The smallest absolute Gasteiger partial charge is 0.240 e. The van der Waals surface area contributed by atoms with E-state index in [1.807, 2.05) is 18.1 Å². The fourth-order valence-corrected chi connectivity index (χ4v) is 4.86. The van der Waals surface area contributed by atoms with Crippen LogP contribution in [0.5, 0.6) is 0 Å². The zero-order valence-electron chi connectivity index (χ0n) is 12.2. The molecule has 1 saturated heterocycles. The van der Waals surface area contributed by atoms with E-state index < -0.39 is 0 Å². The molecule has 1 fully saturated rings. The van der Waals surface area contributed by atoms with E-state index in [9.17, 15) is 4.79 Å². The van der Waals surface area contributed by atoms with Crippen molar-refractivity contribution in [1.82, 2.24) is 9.78 Å². The molecule has 0 bridgehead atoms. The molecule has 1 amide bonds. The summed E-state index contributed by atoms with van der Waals surface area (Å²) in [6.45, 7) is 2.99. The van der Waals surface area contributed by atoms with Crippen molar-refractivity contribution >= 4 is 34.7 Å². The van der Waals surface area contributed by atoms with Gasteiger partial charge in [-0.2, -0.15) is 5.10 Å². The average molecular weight is 321 g/mol. The predicted octanol–water partition coefficient (Wildman–Crippen LogP) is 3.47. The zero-order chi connectivity index (χ0) is 14.8. The van der Waals surface area contributed by atoms with E-state index >= 15 is 0 Å². The zero-order valence-corrected chi connectivity index (χ0v) is 13.9. The molecule has 0 N–H and O–H groups in total. The van der Waals surface area contributed by atoms with Gasteiger partial charge in [0, 0.05) is 29.9 Å². The quantitative estimate of drug-likeness (QED) is 0.865. The first-order valence-electron chi connectivity index (χ1n) is 7.14. The van der Waals surface area contributed by atoms with E-state index in [2.05, 4.69) is 29.5 Å². The van der Waals surface area contributed by atoms with Crippen molar-refractivity contribution in [3.63, 3.8) is 0 Å². The summed E-state index contributed by atoms with van der Waals surface area (Å²) in [4.78, 5) is 15.9. The number of carbonyl (C=O) groups is 1. The lowest BCUT2D eigenvalue weighted by molar-refractivity contribution is -0.119. The second-order valence-corrected chi connectivity index (χ2v) is 7.81. The van der Waals surface area contributed by atoms with Crippen molar-refractivity contribution in [3.05, 3.63) is 34.8 Å². The number of rotatable bonds is 4. The molecule has 2 aromatic rings. The van der Waals surface area contributed by atoms with Crippen LogP contribution in [0.1, 0.15) is 29.9 Å². The molecular formula is C15H19N3OS2. The van der Waals surface area contributed by atoms with Gasteiger partial charge in [0.15, 0.2) is 0 Å². The number of aromatic nitrogens is 2. The minimum Gasteiger partial charge on any atom is -0.309 e. The number of thiophene rings is 1. The van der Waals surface area contributed by atoms with Gasteiger partial charge in [-0.1, -0.05) is 6.07 Å². The SMILES string of the molecule is CC(SC1CCCN(c2cnn(C)c2)C1=O)c1cccs1. The molecule has 0 spiro atoms. The lowest BCUT2D eigenvalue weighted by Gasteiger charge is -2.32. The number of nitrogens with zero attached hydrogens (tertiary/aromatic N) is 3. The Morgan fingerprint density at radius 2 is 2.38 bits per heavy atom. The highest BCUT2D eigenvalue weighted by Crippen LogP contribution is 2.38. The molecule has 2 unspecified atom stereocenters. The minimum atomic E-state index is 0.0519. The molecule has 0 aliphatic carbocycles. The Balaban J connectivity index is 1.70. The normalized spacial score (nSPS) is 20.8. The molecular weight excluding hydrogens is 302 g/mol. The minimum absolute atomic E-state index is 0.0519. The van der Waals surface area contributed by atoms with Gasteiger partial charge < -0.3 is 4.90 Å².